The van der Waals surface area contributed by atoms with E-state index in [9.17, 15) is 22.7 Å². The van der Waals surface area contributed by atoms with Crippen molar-refractivity contribution in [1.29, 1.82) is 0 Å². The van der Waals surface area contributed by atoms with E-state index >= 15 is 0 Å². The summed E-state index contributed by atoms with van der Waals surface area (Å²) in [7, 11) is -4.05. The van der Waals surface area contributed by atoms with Crippen molar-refractivity contribution in [2.24, 2.45) is 0 Å². The number of nitrogens with one attached hydrogen (secondary N) is 1. The Bertz CT molecular complexity index is 1640. The second kappa shape index (κ2) is 10.8. The number of hydrogen-bond donors (Lipinski definition) is 2. The summed E-state index contributed by atoms with van der Waals surface area (Å²) in [5.41, 5.74) is 1.27. The summed E-state index contributed by atoms with van der Waals surface area (Å²) in [6, 6.07) is 7.77. The Morgan fingerprint density at radius 1 is 1.18 bits per heavy atom. The molecule has 0 spiro atoms. The number of rotatable bonds is 7. The molecule has 1 fully saturated rings. The summed E-state index contributed by atoms with van der Waals surface area (Å²) in [6.07, 6.45) is 6.93. The van der Waals surface area contributed by atoms with Crippen molar-refractivity contribution in [3.8, 4) is 11.4 Å². The van der Waals surface area contributed by atoms with E-state index in [-0.39, 0.29) is 45.5 Å². The topological polar surface area (TPSA) is 130 Å². The summed E-state index contributed by atoms with van der Waals surface area (Å²) < 4.78 is 42.8. The molecule has 10 nitrogen and oxygen atoms in total. The zero-order chi connectivity index (χ0) is 27.7. The Hall–Kier alpha value is -3.77. The summed E-state index contributed by atoms with van der Waals surface area (Å²) in [5, 5.41) is 13.1. The number of carboxylic acid groups (broad SMARTS) is 1. The molecule has 1 aliphatic rings. The first-order valence-corrected chi connectivity index (χ1v) is 14.2. The molecule has 0 aliphatic heterocycles. The lowest BCUT2D eigenvalue weighted by Crippen LogP contribution is -2.43. The van der Waals surface area contributed by atoms with Gasteiger partial charge < -0.3 is 10.4 Å². The maximum atomic E-state index is 14.7. The number of pyridine rings is 1. The fourth-order valence-electron chi connectivity index (χ4n) is 4.77. The smallest absolute Gasteiger partial charge is 0.408 e. The molecule has 13 heteroatoms. The number of hydrogen-bond acceptors (Lipinski definition) is 7. The lowest BCUT2D eigenvalue weighted by atomic mass is 9.95. The molecule has 3 heterocycles. The maximum absolute atomic E-state index is 14.7. The SMILES string of the molecule is Cc1ccc(S(=O)(=O)n2cc(-c3ncc(F)c(NCN(C(=O)O)C4CCCCC4)n3)c3cc(Cl)cnc32)cc1. The third-order valence-electron chi connectivity index (χ3n) is 6.82. The van der Waals surface area contributed by atoms with Crippen LogP contribution in [-0.4, -0.2) is 56.2 Å². The number of carbonyl (C=O) groups is 1. The Kier molecular flexibility index (Phi) is 7.41. The highest BCUT2D eigenvalue weighted by molar-refractivity contribution is 7.90. The van der Waals surface area contributed by atoms with E-state index in [2.05, 4.69) is 20.3 Å². The summed E-state index contributed by atoms with van der Waals surface area (Å²) >= 11 is 6.19. The van der Waals surface area contributed by atoms with Crippen LogP contribution in [0.25, 0.3) is 22.4 Å². The Morgan fingerprint density at radius 3 is 2.59 bits per heavy atom. The van der Waals surface area contributed by atoms with Gasteiger partial charge in [0, 0.05) is 29.4 Å². The number of anilines is 1. The molecular weight excluding hydrogens is 547 g/mol. The van der Waals surface area contributed by atoms with Gasteiger partial charge in [-0.15, -0.1) is 0 Å². The highest BCUT2D eigenvalue weighted by atomic mass is 35.5. The molecule has 39 heavy (non-hydrogen) atoms. The fraction of sp³-hybridized carbons (Fsp3) is 0.308. The normalized spacial score (nSPS) is 14.4. The van der Waals surface area contributed by atoms with Crippen LogP contribution in [0.2, 0.25) is 5.02 Å². The Morgan fingerprint density at radius 2 is 1.90 bits per heavy atom. The van der Waals surface area contributed by atoms with Crippen LogP contribution in [0.15, 0.2) is 53.8 Å². The van der Waals surface area contributed by atoms with E-state index in [0.717, 1.165) is 47.8 Å². The van der Waals surface area contributed by atoms with Gasteiger partial charge in [-0.3, -0.25) is 4.90 Å². The van der Waals surface area contributed by atoms with Crippen LogP contribution in [0.1, 0.15) is 37.7 Å². The summed E-state index contributed by atoms with van der Waals surface area (Å²) in [6.45, 7) is 1.69. The average Bonchev–Trinajstić information content (AvgIpc) is 3.30. The predicted molar refractivity (Wildman–Crippen MR) is 145 cm³/mol. The lowest BCUT2D eigenvalue weighted by Gasteiger charge is -2.32. The molecule has 0 unspecified atom stereocenters. The van der Waals surface area contributed by atoms with Crippen LogP contribution in [0, 0.1) is 12.7 Å². The Labute approximate surface area is 229 Å². The fourth-order valence-corrected chi connectivity index (χ4v) is 6.25. The largest absolute Gasteiger partial charge is 0.465 e. The standard InChI is InChI=1S/C26H26ClFN6O4S/c1-16-7-9-19(10-8-16)39(37,38)34-14-21(20-11-17(27)12-30-25(20)34)23-29-13-22(28)24(32-23)31-15-33(26(35)36)18-5-3-2-4-6-18/h7-14,18H,2-6,15H2,1H3,(H,35,36)(H,29,31,32). The highest BCUT2D eigenvalue weighted by Crippen LogP contribution is 2.33. The van der Waals surface area contributed by atoms with E-state index in [1.807, 2.05) is 6.92 Å². The molecule has 0 atom stereocenters. The quantitative estimate of drug-likeness (QED) is 0.277. The highest BCUT2D eigenvalue weighted by Gasteiger charge is 2.27. The first-order chi connectivity index (χ1) is 18.6. The molecule has 5 rings (SSSR count). The van der Waals surface area contributed by atoms with Crippen LogP contribution in [-0.2, 0) is 10.0 Å². The number of halogens is 2. The minimum absolute atomic E-state index is 0.0189. The molecule has 0 saturated heterocycles. The molecule has 1 saturated carbocycles. The van der Waals surface area contributed by atoms with Crippen LogP contribution < -0.4 is 5.32 Å². The second-order valence-electron chi connectivity index (χ2n) is 9.45. The van der Waals surface area contributed by atoms with Gasteiger partial charge in [0.25, 0.3) is 10.0 Å². The van der Waals surface area contributed by atoms with Crippen molar-refractivity contribution >= 4 is 44.6 Å². The summed E-state index contributed by atoms with van der Waals surface area (Å²) in [5.74, 6) is -0.968. The van der Waals surface area contributed by atoms with Gasteiger partial charge in [0.15, 0.2) is 23.1 Å². The lowest BCUT2D eigenvalue weighted by molar-refractivity contribution is 0.115. The van der Waals surface area contributed by atoms with E-state index in [4.69, 9.17) is 11.6 Å². The van der Waals surface area contributed by atoms with E-state index in [1.54, 1.807) is 12.1 Å². The van der Waals surface area contributed by atoms with Gasteiger partial charge in [-0.1, -0.05) is 48.6 Å². The second-order valence-corrected chi connectivity index (χ2v) is 11.7. The van der Waals surface area contributed by atoms with Gasteiger partial charge in [-0.05, 0) is 38.0 Å². The molecule has 1 amide bonds. The monoisotopic (exact) mass is 572 g/mol. The number of benzene rings is 1. The van der Waals surface area contributed by atoms with Crippen molar-refractivity contribution in [3.05, 3.63) is 65.3 Å². The molecule has 3 aromatic heterocycles. The predicted octanol–water partition coefficient (Wildman–Crippen LogP) is 5.51. The minimum atomic E-state index is -4.05. The van der Waals surface area contributed by atoms with E-state index in [0.29, 0.717) is 5.39 Å². The summed E-state index contributed by atoms with van der Waals surface area (Å²) in [4.78, 5) is 25.8. The van der Waals surface area contributed by atoms with Crippen LogP contribution >= 0.6 is 11.6 Å². The van der Waals surface area contributed by atoms with Crippen LogP contribution in [0.5, 0.6) is 0 Å². The van der Waals surface area contributed by atoms with Gasteiger partial charge >= 0.3 is 6.09 Å². The first kappa shape index (κ1) is 26.8. The molecule has 1 aromatic carbocycles. The van der Waals surface area contributed by atoms with Crippen molar-refractivity contribution in [2.75, 3.05) is 12.0 Å². The van der Waals surface area contributed by atoms with Gasteiger partial charge in [-0.2, -0.15) is 0 Å². The number of amides is 1. The van der Waals surface area contributed by atoms with Crippen molar-refractivity contribution in [2.45, 2.75) is 50.0 Å². The Balaban J connectivity index is 1.53. The van der Waals surface area contributed by atoms with Crippen molar-refractivity contribution in [3.63, 3.8) is 0 Å². The number of fused-ring (bicyclic) bond motifs is 1. The molecular formula is C26H26ClFN6O4S. The van der Waals surface area contributed by atoms with Crippen LogP contribution in [0.4, 0.5) is 15.0 Å². The number of aromatic nitrogens is 4. The van der Waals surface area contributed by atoms with E-state index in [1.165, 1.54) is 35.5 Å². The molecule has 204 valence electrons. The zero-order valence-corrected chi connectivity index (χ0v) is 22.6. The first-order valence-electron chi connectivity index (χ1n) is 12.4. The van der Waals surface area contributed by atoms with Crippen molar-refractivity contribution in [1.82, 2.24) is 23.8 Å². The van der Waals surface area contributed by atoms with Gasteiger partial charge in [0.1, 0.15) is 0 Å². The van der Waals surface area contributed by atoms with Crippen LogP contribution in [0.3, 0.4) is 0 Å². The zero-order valence-electron chi connectivity index (χ0n) is 21.0. The molecule has 0 bridgehead atoms. The average molecular weight is 573 g/mol. The number of nitrogens with zero attached hydrogens (tertiary/aromatic N) is 5. The number of aryl methyl sites for hydroxylation is 1. The molecule has 2 N–H and O–H groups in total. The van der Waals surface area contributed by atoms with Gasteiger partial charge in [0.05, 0.1) is 22.8 Å². The van der Waals surface area contributed by atoms with Crippen molar-refractivity contribution < 1.29 is 22.7 Å². The van der Waals surface area contributed by atoms with Gasteiger partial charge in [0.2, 0.25) is 0 Å². The third kappa shape index (κ3) is 5.39. The van der Waals surface area contributed by atoms with Gasteiger partial charge in [-0.25, -0.2) is 36.5 Å². The minimum Gasteiger partial charge on any atom is -0.465 e. The van der Waals surface area contributed by atoms with E-state index < -0.39 is 21.9 Å². The molecule has 4 aromatic rings. The molecule has 1 aliphatic carbocycles. The third-order valence-corrected chi connectivity index (χ3v) is 8.69. The molecule has 0 radical (unpaired) electrons. The maximum Gasteiger partial charge on any atom is 0.408 e.